The second-order valence-corrected chi connectivity index (χ2v) is 7.47. The molecular formula is C19H20N2OS. The molecule has 2 aliphatic rings. The van der Waals surface area contributed by atoms with Gasteiger partial charge in [0.25, 0.3) is 5.91 Å². The predicted molar refractivity (Wildman–Crippen MR) is 92.8 cm³/mol. The van der Waals surface area contributed by atoms with Gasteiger partial charge in [0.2, 0.25) is 0 Å². The van der Waals surface area contributed by atoms with E-state index >= 15 is 0 Å². The van der Waals surface area contributed by atoms with Gasteiger partial charge < -0.3 is 10.2 Å². The minimum absolute atomic E-state index is 0.0556. The summed E-state index contributed by atoms with van der Waals surface area (Å²) in [5.41, 5.74) is 0.750. The van der Waals surface area contributed by atoms with Gasteiger partial charge in [0, 0.05) is 34.5 Å². The Kier molecular flexibility index (Phi) is 4.10. The van der Waals surface area contributed by atoms with E-state index in [1.165, 1.54) is 17.9 Å². The fourth-order valence-electron chi connectivity index (χ4n) is 3.50. The number of carbonyl (C=O) groups excluding carboxylic acids is 1. The fourth-order valence-corrected chi connectivity index (χ4v) is 4.34. The smallest absolute Gasteiger partial charge is 0.251 e. The second-order valence-electron chi connectivity index (χ2n) is 6.33. The molecule has 0 radical (unpaired) electrons. The zero-order valence-electron chi connectivity index (χ0n) is 12.9. The molecule has 0 saturated carbocycles. The van der Waals surface area contributed by atoms with Gasteiger partial charge in [-0.1, -0.05) is 30.0 Å². The minimum Gasteiger partial charge on any atom is -0.348 e. The van der Waals surface area contributed by atoms with Crippen molar-refractivity contribution in [1.82, 2.24) is 10.2 Å². The summed E-state index contributed by atoms with van der Waals surface area (Å²) in [6.07, 6.45) is 1.22. The van der Waals surface area contributed by atoms with Gasteiger partial charge in [-0.3, -0.25) is 4.79 Å². The minimum atomic E-state index is 0.0556. The van der Waals surface area contributed by atoms with E-state index in [2.05, 4.69) is 22.3 Å². The monoisotopic (exact) mass is 324 g/mol. The molecule has 1 N–H and O–H groups in total. The molecule has 2 saturated heterocycles. The Bertz CT molecular complexity index is 686. The van der Waals surface area contributed by atoms with Crippen LogP contribution in [0.15, 0.2) is 64.4 Å². The Balaban J connectivity index is 1.38. The lowest BCUT2D eigenvalue weighted by Gasteiger charge is -2.23. The molecule has 2 aromatic carbocycles. The lowest BCUT2D eigenvalue weighted by atomic mass is 9.99. The molecule has 3 nitrogen and oxygen atoms in total. The maximum Gasteiger partial charge on any atom is 0.251 e. The van der Waals surface area contributed by atoms with Crippen molar-refractivity contribution < 1.29 is 4.79 Å². The highest BCUT2D eigenvalue weighted by Gasteiger charge is 2.38. The third-order valence-corrected chi connectivity index (χ3v) is 5.76. The quantitative estimate of drug-likeness (QED) is 0.937. The number of carbonyl (C=O) groups is 1. The molecule has 2 bridgehead atoms. The molecule has 2 aromatic rings. The largest absolute Gasteiger partial charge is 0.348 e. The van der Waals surface area contributed by atoms with Gasteiger partial charge in [-0.15, -0.1) is 0 Å². The number of nitrogens with one attached hydrogen (secondary N) is 1. The summed E-state index contributed by atoms with van der Waals surface area (Å²) in [7, 11) is 0. The number of hydrogen-bond acceptors (Lipinski definition) is 3. The van der Waals surface area contributed by atoms with E-state index in [-0.39, 0.29) is 5.91 Å². The van der Waals surface area contributed by atoms with E-state index in [4.69, 9.17) is 0 Å². The Morgan fingerprint density at radius 1 is 1.00 bits per heavy atom. The second kappa shape index (κ2) is 6.38. The SMILES string of the molecule is O=C(NC1CN2CCC1C2)c1ccc(Sc2ccccc2)cc1. The number of nitrogens with zero attached hydrogens (tertiary/aromatic N) is 1. The summed E-state index contributed by atoms with van der Waals surface area (Å²) in [5.74, 6) is 0.701. The van der Waals surface area contributed by atoms with Crippen molar-refractivity contribution in [2.45, 2.75) is 22.3 Å². The van der Waals surface area contributed by atoms with Crippen LogP contribution in [0.2, 0.25) is 0 Å². The van der Waals surface area contributed by atoms with E-state index in [1.807, 2.05) is 42.5 Å². The van der Waals surface area contributed by atoms with Crippen LogP contribution in [-0.2, 0) is 0 Å². The average molecular weight is 324 g/mol. The molecule has 1 amide bonds. The van der Waals surface area contributed by atoms with E-state index in [0.29, 0.717) is 12.0 Å². The van der Waals surface area contributed by atoms with Gasteiger partial charge in [0.1, 0.15) is 0 Å². The zero-order chi connectivity index (χ0) is 15.6. The van der Waals surface area contributed by atoms with Gasteiger partial charge in [0.05, 0.1) is 0 Å². The first-order chi connectivity index (χ1) is 11.3. The maximum absolute atomic E-state index is 12.4. The fraction of sp³-hybridized carbons (Fsp3) is 0.316. The van der Waals surface area contributed by atoms with E-state index in [9.17, 15) is 4.79 Å². The molecular weight excluding hydrogens is 304 g/mol. The molecule has 3 unspecified atom stereocenters. The van der Waals surface area contributed by atoms with E-state index in [0.717, 1.165) is 23.5 Å². The van der Waals surface area contributed by atoms with Crippen LogP contribution in [0.5, 0.6) is 0 Å². The van der Waals surface area contributed by atoms with Crippen LogP contribution in [-0.4, -0.2) is 36.5 Å². The highest BCUT2D eigenvalue weighted by Crippen LogP contribution is 2.29. The topological polar surface area (TPSA) is 32.3 Å². The summed E-state index contributed by atoms with van der Waals surface area (Å²) < 4.78 is 0. The maximum atomic E-state index is 12.4. The summed E-state index contributed by atoms with van der Waals surface area (Å²) in [6.45, 7) is 3.36. The van der Waals surface area contributed by atoms with Crippen molar-refractivity contribution in [2.24, 2.45) is 5.92 Å². The summed E-state index contributed by atoms with van der Waals surface area (Å²) in [6, 6.07) is 18.5. The molecule has 23 heavy (non-hydrogen) atoms. The number of fused-ring (bicyclic) bond motifs is 2. The standard InChI is InChI=1S/C19H20N2OS/c22-19(20-18-13-21-11-10-15(18)12-21)14-6-8-17(9-7-14)23-16-4-2-1-3-5-16/h1-9,15,18H,10-13H2,(H,20,22). The van der Waals surface area contributed by atoms with Crippen molar-refractivity contribution in [3.8, 4) is 0 Å². The Hall–Kier alpha value is -1.78. The van der Waals surface area contributed by atoms with Crippen LogP contribution in [0.3, 0.4) is 0 Å². The molecule has 2 fully saturated rings. The third-order valence-electron chi connectivity index (χ3n) is 4.74. The van der Waals surface area contributed by atoms with Crippen LogP contribution < -0.4 is 5.32 Å². The van der Waals surface area contributed by atoms with Gasteiger partial charge >= 0.3 is 0 Å². The molecule has 0 spiro atoms. The predicted octanol–water partition coefficient (Wildman–Crippen LogP) is 3.27. The highest BCUT2D eigenvalue weighted by atomic mass is 32.2. The van der Waals surface area contributed by atoms with Gasteiger partial charge in [-0.2, -0.15) is 0 Å². The number of benzene rings is 2. The molecule has 0 aliphatic carbocycles. The zero-order valence-corrected chi connectivity index (χ0v) is 13.8. The number of rotatable bonds is 4. The first-order valence-corrected chi connectivity index (χ1v) is 8.96. The first kappa shape index (κ1) is 14.8. The molecule has 4 heteroatoms. The van der Waals surface area contributed by atoms with Crippen molar-refractivity contribution in [3.63, 3.8) is 0 Å². The molecule has 2 heterocycles. The molecule has 118 valence electrons. The van der Waals surface area contributed by atoms with Crippen LogP contribution in [0.1, 0.15) is 16.8 Å². The molecule has 0 aromatic heterocycles. The Labute approximate surface area is 141 Å². The number of piperidine rings is 1. The van der Waals surface area contributed by atoms with Crippen molar-refractivity contribution >= 4 is 17.7 Å². The van der Waals surface area contributed by atoms with Crippen molar-refractivity contribution in [2.75, 3.05) is 19.6 Å². The Morgan fingerprint density at radius 3 is 2.39 bits per heavy atom. The normalized spacial score (nSPS) is 25.5. The summed E-state index contributed by atoms with van der Waals surface area (Å²) in [4.78, 5) is 17.2. The lowest BCUT2D eigenvalue weighted by molar-refractivity contribution is 0.0924. The van der Waals surface area contributed by atoms with Crippen molar-refractivity contribution in [1.29, 1.82) is 0 Å². The van der Waals surface area contributed by atoms with Crippen molar-refractivity contribution in [3.05, 3.63) is 60.2 Å². The van der Waals surface area contributed by atoms with Crippen LogP contribution in [0.4, 0.5) is 0 Å². The van der Waals surface area contributed by atoms with Gasteiger partial charge in [-0.25, -0.2) is 0 Å². The molecule has 3 atom stereocenters. The van der Waals surface area contributed by atoms with Gasteiger partial charge in [-0.05, 0) is 55.3 Å². The van der Waals surface area contributed by atoms with E-state index < -0.39 is 0 Å². The first-order valence-electron chi connectivity index (χ1n) is 8.14. The summed E-state index contributed by atoms with van der Waals surface area (Å²) in [5, 5.41) is 3.21. The van der Waals surface area contributed by atoms with Crippen LogP contribution >= 0.6 is 11.8 Å². The highest BCUT2D eigenvalue weighted by molar-refractivity contribution is 7.99. The van der Waals surface area contributed by atoms with Crippen LogP contribution in [0.25, 0.3) is 0 Å². The average Bonchev–Trinajstić information content (AvgIpc) is 3.19. The van der Waals surface area contributed by atoms with E-state index in [1.54, 1.807) is 11.8 Å². The summed E-state index contributed by atoms with van der Waals surface area (Å²) >= 11 is 1.71. The van der Waals surface area contributed by atoms with Crippen LogP contribution in [0, 0.1) is 5.92 Å². The number of hydrogen-bond donors (Lipinski definition) is 1. The Morgan fingerprint density at radius 2 is 1.74 bits per heavy atom. The lowest BCUT2D eigenvalue weighted by Crippen LogP contribution is -2.43. The molecule has 2 aliphatic heterocycles. The third kappa shape index (κ3) is 3.28. The molecule has 4 rings (SSSR count). The van der Waals surface area contributed by atoms with Gasteiger partial charge in [0.15, 0.2) is 0 Å². The number of amides is 1.